The Hall–Kier alpha value is -2.62. The monoisotopic (exact) mass is 409 g/mol. The van der Waals surface area contributed by atoms with Crippen LogP contribution in [0.3, 0.4) is 0 Å². The topological polar surface area (TPSA) is 100 Å². The average Bonchev–Trinajstić information content (AvgIpc) is 3.06. The molecular formula is C15H16BrN5O4. The maximum Gasteiger partial charge on any atom is 0.338 e. The van der Waals surface area contributed by atoms with E-state index in [2.05, 4.69) is 36.8 Å². The van der Waals surface area contributed by atoms with Gasteiger partial charge in [0.2, 0.25) is 5.95 Å². The number of nitrogens with one attached hydrogen (secondary N) is 1. The first kappa shape index (κ1) is 17.2. The van der Waals surface area contributed by atoms with Crippen LogP contribution >= 0.6 is 15.9 Å². The highest BCUT2D eigenvalue weighted by Gasteiger charge is 2.35. The number of halogens is 1. The van der Waals surface area contributed by atoms with Crippen molar-refractivity contribution in [3.63, 3.8) is 0 Å². The highest BCUT2D eigenvalue weighted by Crippen LogP contribution is 2.42. The van der Waals surface area contributed by atoms with Crippen molar-refractivity contribution < 1.29 is 19.0 Å². The summed E-state index contributed by atoms with van der Waals surface area (Å²) in [6.45, 7) is 1.77. The number of anilines is 1. The molecule has 0 aliphatic carbocycles. The molecule has 1 aliphatic heterocycles. The molecule has 2 aromatic rings. The van der Waals surface area contributed by atoms with Gasteiger partial charge in [0.25, 0.3) is 0 Å². The largest absolute Gasteiger partial charge is 0.493 e. The minimum atomic E-state index is -0.574. The second-order valence-corrected chi connectivity index (χ2v) is 6.10. The minimum absolute atomic E-state index is 0.404. The zero-order valence-corrected chi connectivity index (χ0v) is 15.6. The standard InChI is InChI=1S/C15H16BrN5O4/c1-7-11(14(22)25-4)12(21-15(17-7)18-19-20-21)8-5-9(16)13(24-3)10(6-8)23-2/h5-6,12H,1-4H3,(H,17,18,20)/t12-/m0/s1. The molecule has 0 radical (unpaired) electrons. The number of nitrogens with zero attached hydrogens (tertiary/aromatic N) is 4. The van der Waals surface area contributed by atoms with Crippen LogP contribution < -0.4 is 14.8 Å². The van der Waals surface area contributed by atoms with Gasteiger partial charge in [0, 0.05) is 5.70 Å². The van der Waals surface area contributed by atoms with Gasteiger partial charge in [0.1, 0.15) is 6.04 Å². The van der Waals surface area contributed by atoms with Crippen LogP contribution in [0, 0.1) is 0 Å². The van der Waals surface area contributed by atoms with Gasteiger partial charge in [-0.1, -0.05) is 5.10 Å². The molecule has 0 fully saturated rings. The highest BCUT2D eigenvalue weighted by atomic mass is 79.9. The number of ether oxygens (including phenoxy) is 3. The van der Waals surface area contributed by atoms with Crippen LogP contribution in [-0.4, -0.2) is 47.5 Å². The van der Waals surface area contributed by atoms with Gasteiger partial charge in [0.05, 0.1) is 31.4 Å². The van der Waals surface area contributed by atoms with Crippen molar-refractivity contribution in [2.45, 2.75) is 13.0 Å². The van der Waals surface area contributed by atoms with Crippen LogP contribution in [-0.2, 0) is 9.53 Å². The summed E-state index contributed by atoms with van der Waals surface area (Å²) in [4.78, 5) is 12.4. The third kappa shape index (κ3) is 2.82. The van der Waals surface area contributed by atoms with Gasteiger partial charge >= 0.3 is 5.97 Å². The lowest BCUT2D eigenvalue weighted by Gasteiger charge is -2.27. The van der Waals surface area contributed by atoms with E-state index in [0.717, 1.165) is 5.56 Å². The number of aromatic nitrogens is 4. The molecule has 25 heavy (non-hydrogen) atoms. The molecule has 3 rings (SSSR count). The Morgan fingerprint density at radius 2 is 2.04 bits per heavy atom. The van der Waals surface area contributed by atoms with Gasteiger partial charge in [-0.05, 0) is 51.0 Å². The van der Waals surface area contributed by atoms with Crippen LogP contribution in [0.1, 0.15) is 18.5 Å². The first-order valence-electron chi connectivity index (χ1n) is 7.27. The van der Waals surface area contributed by atoms with E-state index in [1.54, 1.807) is 27.2 Å². The van der Waals surface area contributed by atoms with Crippen LogP contribution in [0.4, 0.5) is 5.95 Å². The number of methoxy groups -OCH3 is 3. The lowest BCUT2D eigenvalue weighted by atomic mass is 9.95. The molecular weight excluding hydrogens is 394 g/mol. The summed E-state index contributed by atoms with van der Waals surface area (Å²) in [6, 6.07) is 3.04. The number of carbonyl (C=O) groups is 1. The van der Waals surface area contributed by atoms with Crippen LogP contribution in [0.2, 0.25) is 0 Å². The summed E-state index contributed by atoms with van der Waals surface area (Å²) in [6.07, 6.45) is 0. The van der Waals surface area contributed by atoms with Crippen molar-refractivity contribution >= 4 is 27.8 Å². The van der Waals surface area contributed by atoms with Crippen LogP contribution in [0.5, 0.6) is 11.5 Å². The fraction of sp³-hybridized carbons (Fsp3) is 0.333. The van der Waals surface area contributed by atoms with E-state index in [1.165, 1.54) is 11.8 Å². The summed E-state index contributed by atoms with van der Waals surface area (Å²) < 4.78 is 17.9. The SMILES string of the molecule is COC(=O)C1=C(C)Nc2nnnn2[C@H]1c1cc(Br)c(OC)c(OC)c1. The number of esters is 1. The van der Waals surface area contributed by atoms with Crippen LogP contribution in [0.15, 0.2) is 27.9 Å². The van der Waals surface area contributed by atoms with Gasteiger partial charge in [-0.25, -0.2) is 4.79 Å². The maximum atomic E-state index is 12.4. The molecule has 0 amide bonds. The highest BCUT2D eigenvalue weighted by molar-refractivity contribution is 9.10. The number of fused-ring (bicyclic) bond motifs is 1. The van der Waals surface area contributed by atoms with Gasteiger partial charge in [-0.15, -0.1) is 0 Å². The molecule has 1 aromatic heterocycles. The predicted molar refractivity (Wildman–Crippen MR) is 91.5 cm³/mol. The van der Waals surface area contributed by atoms with Crippen molar-refractivity contribution in [1.29, 1.82) is 0 Å². The van der Waals surface area contributed by atoms with Crippen molar-refractivity contribution in [2.24, 2.45) is 0 Å². The summed E-state index contributed by atoms with van der Waals surface area (Å²) in [7, 11) is 4.43. The number of allylic oxidation sites excluding steroid dienone is 1. The Kier molecular flexibility index (Phi) is 4.62. The van der Waals surface area contributed by atoms with E-state index in [4.69, 9.17) is 14.2 Å². The molecule has 9 nitrogen and oxygen atoms in total. The molecule has 1 atom stereocenters. The Bertz CT molecular complexity index is 864. The fourth-order valence-electron chi connectivity index (χ4n) is 2.79. The fourth-order valence-corrected chi connectivity index (χ4v) is 3.41. The Morgan fingerprint density at radius 3 is 2.68 bits per heavy atom. The lowest BCUT2D eigenvalue weighted by molar-refractivity contribution is -0.136. The Balaban J connectivity index is 2.23. The third-order valence-electron chi connectivity index (χ3n) is 3.89. The molecule has 2 heterocycles. The quantitative estimate of drug-likeness (QED) is 0.764. The number of benzene rings is 1. The van der Waals surface area contributed by atoms with Crippen molar-refractivity contribution in [2.75, 3.05) is 26.6 Å². The second kappa shape index (κ2) is 6.71. The van der Waals surface area contributed by atoms with Crippen LogP contribution in [0.25, 0.3) is 0 Å². The van der Waals surface area contributed by atoms with Gasteiger partial charge in [0.15, 0.2) is 11.5 Å². The van der Waals surface area contributed by atoms with Gasteiger partial charge in [-0.3, -0.25) is 0 Å². The van der Waals surface area contributed by atoms with E-state index in [-0.39, 0.29) is 0 Å². The summed E-state index contributed by atoms with van der Waals surface area (Å²) in [5, 5.41) is 14.6. The minimum Gasteiger partial charge on any atom is -0.493 e. The molecule has 0 saturated carbocycles. The lowest BCUT2D eigenvalue weighted by Crippen LogP contribution is -2.29. The van der Waals surface area contributed by atoms with Gasteiger partial charge in [-0.2, -0.15) is 4.68 Å². The normalized spacial score (nSPS) is 16.1. The first-order chi connectivity index (χ1) is 12.0. The Labute approximate surface area is 152 Å². The number of hydrogen-bond donors (Lipinski definition) is 1. The number of carbonyl (C=O) groups excluding carboxylic acids is 1. The molecule has 0 unspecified atom stereocenters. The van der Waals surface area contributed by atoms with E-state index >= 15 is 0 Å². The van der Waals surface area contributed by atoms with Gasteiger partial charge < -0.3 is 19.5 Å². The van der Waals surface area contributed by atoms with E-state index in [0.29, 0.717) is 33.2 Å². The molecule has 0 bridgehead atoms. The maximum absolute atomic E-state index is 12.4. The second-order valence-electron chi connectivity index (χ2n) is 5.24. The van der Waals surface area contributed by atoms with E-state index in [1.807, 2.05) is 6.07 Å². The van der Waals surface area contributed by atoms with Crippen molar-refractivity contribution in [3.8, 4) is 11.5 Å². The van der Waals surface area contributed by atoms with E-state index in [9.17, 15) is 4.79 Å². The molecule has 0 spiro atoms. The third-order valence-corrected chi connectivity index (χ3v) is 4.48. The first-order valence-corrected chi connectivity index (χ1v) is 8.06. The van der Waals surface area contributed by atoms with Crippen molar-refractivity contribution in [1.82, 2.24) is 20.2 Å². The zero-order chi connectivity index (χ0) is 18.1. The number of tetrazole rings is 1. The summed E-state index contributed by atoms with van der Waals surface area (Å²) in [5.41, 5.74) is 1.76. The molecule has 10 heteroatoms. The summed E-state index contributed by atoms with van der Waals surface area (Å²) in [5.74, 6) is 1.03. The van der Waals surface area contributed by atoms with E-state index < -0.39 is 12.0 Å². The molecule has 132 valence electrons. The number of hydrogen-bond acceptors (Lipinski definition) is 8. The van der Waals surface area contributed by atoms with Crippen molar-refractivity contribution in [3.05, 3.63) is 33.4 Å². The predicted octanol–water partition coefficient (Wildman–Crippen LogP) is 1.91. The molecule has 1 N–H and O–H groups in total. The molecule has 0 saturated heterocycles. The smallest absolute Gasteiger partial charge is 0.338 e. The summed E-state index contributed by atoms with van der Waals surface area (Å²) >= 11 is 3.47. The Morgan fingerprint density at radius 1 is 1.28 bits per heavy atom. The zero-order valence-electron chi connectivity index (χ0n) is 14.0. The average molecular weight is 410 g/mol. The number of rotatable bonds is 4. The molecule has 1 aromatic carbocycles. The molecule has 1 aliphatic rings.